The average Bonchev–Trinajstić information content (AvgIpc) is 2.84. The van der Waals surface area contributed by atoms with Gasteiger partial charge in [0.25, 0.3) is 5.82 Å². The predicted molar refractivity (Wildman–Crippen MR) is 103 cm³/mol. The highest BCUT2D eigenvalue weighted by atomic mass is 79.9. The van der Waals surface area contributed by atoms with Gasteiger partial charge in [-0.05, 0) is 50.5 Å². The van der Waals surface area contributed by atoms with E-state index >= 15 is 0 Å². The Bertz CT molecular complexity index is 962. The summed E-state index contributed by atoms with van der Waals surface area (Å²) in [6.45, 7) is 3.35. The van der Waals surface area contributed by atoms with Crippen LogP contribution >= 0.6 is 0 Å². The Balaban J connectivity index is 0.00000225. The van der Waals surface area contributed by atoms with E-state index in [1.807, 2.05) is 0 Å². The van der Waals surface area contributed by atoms with Crippen molar-refractivity contribution in [2.24, 2.45) is 0 Å². The second-order valence-electron chi connectivity index (χ2n) is 7.32. The van der Waals surface area contributed by atoms with Crippen LogP contribution in [0, 0.1) is 12.7 Å². The summed E-state index contributed by atoms with van der Waals surface area (Å²) in [7, 11) is 0. The first-order chi connectivity index (χ1) is 13.1. The number of carbonyl (C=O) groups excluding carboxylic acids is 1. The lowest BCUT2D eigenvalue weighted by Crippen LogP contribution is -3.00. The number of rotatable bonds is 4. The Morgan fingerprint density at radius 3 is 2.46 bits per heavy atom. The van der Waals surface area contributed by atoms with Crippen LogP contribution in [0.5, 0.6) is 0 Å². The lowest BCUT2D eigenvalue weighted by molar-refractivity contribution is -0.690. The Morgan fingerprint density at radius 2 is 1.75 bits per heavy atom. The maximum Gasteiger partial charge on any atom is 0.257 e. The minimum Gasteiger partial charge on any atom is -1.00 e. The molecule has 0 fully saturated rings. The molecule has 1 aromatic heterocycles. The van der Waals surface area contributed by atoms with Crippen LogP contribution in [0.1, 0.15) is 41.0 Å². The first-order valence-corrected chi connectivity index (χ1v) is 9.59. The molecule has 3 aromatic rings. The van der Waals surface area contributed by atoms with E-state index in [0.717, 1.165) is 25.8 Å². The van der Waals surface area contributed by atoms with Crippen LogP contribution in [-0.2, 0) is 19.5 Å². The highest BCUT2D eigenvalue weighted by Gasteiger charge is 2.27. The Morgan fingerprint density at radius 1 is 1.04 bits per heavy atom. The van der Waals surface area contributed by atoms with Crippen LogP contribution < -0.4 is 21.5 Å². The van der Waals surface area contributed by atoms with Gasteiger partial charge in [0, 0.05) is 17.5 Å². The monoisotopic (exact) mass is 442 g/mol. The van der Waals surface area contributed by atoms with Gasteiger partial charge in [-0.1, -0.05) is 29.8 Å². The molecule has 3 nitrogen and oxygen atoms in total. The second kappa shape index (κ2) is 8.82. The van der Waals surface area contributed by atoms with E-state index in [9.17, 15) is 9.18 Å². The van der Waals surface area contributed by atoms with Crippen molar-refractivity contribution in [3.8, 4) is 11.3 Å². The molecule has 2 aromatic carbocycles. The highest BCUT2D eigenvalue weighted by molar-refractivity contribution is 5.95. The zero-order valence-corrected chi connectivity index (χ0v) is 17.6. The third-order valence-corrected chi connectivity index (χ3v) is 5.32. The van der Waals surface area contributed by atoms with Crippen LogP contribution in [-0.4, -0.2) is 10.4 Å². The van der Waals surface area contributed by atoms with Crippen LogP contribution in [0.3, 0.4) is 0 Å². The number of halogens is 2. The summed E-state index contributed by atoms with van der Waals surface area (Å²) in [5.41, 5.74) is 4.13. The fraction of sp³-hybridized carbons (Fsp3) is 0.304. The van der Waals surface area contributed by atoms with E-state index in [1.54, 1.807) is 12.1 Å². The topological polar surface area (TPSA) is 25.9 Å². The molecule has 1 aliphatic rings. The Hall–Kier alpha value is -2.27. The quantitative estimate of drug-likeness (QED) is 0.444. The van der Waals surface area contributed by atoms with E-state index in [1.165, 1.54) is 41.2 Å². The van der Waals surface area contributed by atoms with Gasteiger partial charge in [-0.2, -0.15) is 0 Å². The maximum absolute atomic E-state index is 13.1. The largest absolute Gasteiger partial charge is 1.00 e. The summed E-state index contributed by atoms with van der Waals surface area (Å²) in [4.78, 5) is 12.7. The van der Waals surface area contributed by atoms with Crippen molar-refractivity contribution in [3.05, 3.63) is 77.5 Å². The number of fused-ring (bicyclic) bond motifs is 1. The molecule has 4 rings (SSSR count). The zero-order chi connectivity index (χ0) is 18.8. The van der Waals surface area contributed by atoms with Crippen molar-refractivity contribution in [2.45, 2.75) is 45.7 Å². The van der Waals surface area contributed by atoms with Crippen molar-refractivity contribution < 1.29 is 30.7 Å². The van der Waals surface area contributed by atoms with Crippen molar-refractivity contribution in [1.82, 2.24) is 4.57 Å². The smallest absolute Gasteiger partial charge is 0.257 e. The molecule has 0 N–H and O–H groups in total. The van der Waals surface area contributed by atoms with Gasteiger partial charge in [0.2, 0.25) is 5.78 Å². The molecule has 1 aliphatic heterocycles. The molecule has 0 bridgehead atoms. The van der Waals surface area contributed by atoms with E-state index in [-0.39, 0.29) is 35.1 Å². The van der Waals surface area contributed by atoms with Gasteiger partial charge in [0.05, 0.1) is 6.54 Å². The second-order valence-corrected chi connectivity index (χ2v) is 7.32. The third-order valence-electron chi connectivity index (χ3n) is 5.32. The Labute approximate surface area is 175 Å². The molecule has 0 radical (unpaired) electrons. The first-order valence-electron chi connectivity index (χ1n) is 9.59. The summed E-state index contributed by atoms with van der Waals surface area (Å²) >= 11 is 0. The van der Waals surface area contributed by atoms with Gasteiger partial charge in [0.15, 0.2) is 12.2 Å². The summed E-state index contributed by atoms with van der Waals surface area (Å²) in [5.74, 6) is 0.894. The molecule has 0 amide bonds. The standard InChI is InChI=1S/C23H24FN2O.BrH/c1-17-6-8-18(9-7-17)21-15-25(23-5-3-2-4-14-26(21)23)16-22(27)19-10-12-20(24)13-11-19;/h6-13,15H,2-5,14,16H2,1H3;1H/q+1;/p-1. The fourth-order valence-electron chi connectivity index (χ4n) is 3.82. The van der Waals surface area contributed by atoms with Gasteiger partial charge < -0.3 is 17.0 Å². The zero-order valence-electron chi connectivity index (χ0n) is 16.0. The molecule has 0 saturated heterocycles. The lowest BCUT2D eigenvalue weighted by atomic mass is 10.1. The molecular weight excluding hydrogens is 419 g/mol. The first kappa shape index (κ1) is 20.5. The highest BCUT2D eigenvalue weighted by Crippen LogP contribution is 2.24. The summed E-state index contributed by atoms with van der Waals surface area (Å²) in [6, 6.07) is 14.4. The van der Waals surface area contributed by atoms with Crippen LogP contribution in [0.2, 0.25) is 0 Å². The SMILES string of the molecule is Cc1ccc(-c2c[n+](CC(=O)c3ccc(F)cc3)c3n2CCCCC3)cc1.[Br-]. The number of hydrogen-bond acceptors (Lipinski definition) is 1. The Kier molecular flexibility index (Phi) is 6.45. The molecule has 0 aliphatic carbocycles. The number of ketones is 1. The summed E-state index contributed by atoms with van der Waals surface area (Å²) in [5, 5.41) is 0. The van der Waals surface area contributed by atoms with Crippen LogP contribution in [0.15, 0.2) is 54.7 Å². The van der Waals surface area contributed by atoms with Crippen molar-refractivity contribution in [1.29, 1.82) is 0 Å². The molecule has 0 spiro atoms. The number of aromatic nitrogens is 2. The van der Waals surface area contributed by atoms with E-state index in [0.29, 0.717) is 5.56 Å². The molecule has 28 heavy (non-hydrogen) atoms. The van der Waals surface area contributed by atoms with Gasteiger partial charge in [-0.3, -0.25) is 4.79 Å². The van der Waals surface area contributed by atoms with Crippen molar-refractivity contribution >= 4 is 5.78 Å². The minimum atomic E-state index is -0.321. The maximum atomic E-state index is 13.1. The number of benzene rings is 2. The van der Waals surface area contributed by atoms with Gasteiger partial charge in [0.1, 0.15) is 12.0 Å². The number of hydrogen-bond donors (Lipinski definition) is 0. The van der Waals surface area contributed by atoms with E-state index < -0.39 is 0 Å². The van der Waals surface area contributed by atoms with Crippen LogP contribution in [0.25, 0.3) is 11.3 Å². The van der Waals surface area contributed by atoms with Gasteiger partial charge >= 0.3 is 0 Å². The minimum absolute atomic E-state index is 0. The normalized spacial score (nSPS) is 13.4. The van der Waals surface area contributed by atoms with Gasteiger partial charge in [-0.15, -0.1) is 0 Å². The number of nitrogens with zero attached hydrogens (tertiary/aromatic N) is 2. The number of carbonyl (C=O) groups is 1. The molecule has 5 heteroatoms. The van der Waals surface area contributed by atoms with E-state index in [4.69, 9.17) is 0 Å². The van der Waals surface area contributed by atoms with Crippen molar-refractivity contribution in [2.75, 3.05) is 0 Å². The number of aryl methyl sites for hydroxylation is 1. The molecular formula is C23H24BrFN2O. The van der Waals surface area contributed by atoms with Crippen LogP contribution in [0.4, 0.5) is 4.39 Å². The molecule has 2 heterocycles. The number of imidazole rings is 1. The average molecular weight is 443 g/mol. The molecule has 0 atom stereocenters. The third kappa shape index (κ3) is 4.25. The summed E-state index contributed by atoms with van der Waals surface area (Å²) < 4.78 is 17.6. The predicted octanol–water partition coefficient (Wildman–Crippen LogP) is 1.50. The molecule has 146 valence electrons. The fourth-order valence-corrected chi connectivity index (χ4v) is 3.82. The van der Waals surface area contributed by atoms with E-state index in [2.05, 4.69) is 46.5 Å². The number of Topliss-reactive ketones (excluding diaryl/α,β-unsaturated/α-hetero) is 1. The van der Waals surface area contributed by atoms with Crippen molar-refractivity contribution in [3.63, 3.8) is 0 Å². The molecule has 0 saturated carbocycles. The van der Waals surface area contributed by atoms with Gasteiger partial charge in [-0.25, -0.2) is 13.5 Å². The molecule has 0 unspecified atom stereocenters. The summed E-state index contributed by atoms with van der Waals surface area (Å²) in [6.07, 6.45) is 6.59. The lowest BCUT2D eigenvalue weighted by Gasteiger charge is -2.03.